The van der Waals surface area contributed by atoms with E-state index in [0.717, 1.165) is 12.1 Å². The van der Waals surface area contributed by atoms with Gasteiger partial charge in [-0.15, -0.1) is 0 Å². The Morgan fingerprint density at radius 2 is 1.95 bits per heavy atom. The zero-order chi connectivity index (χ0) is 16.3. The fraction of sp³-hybridized carbons (Fsp3) is 0.500. The summed E-state index contributed by atoms with van der Waals surface area (Å²) in [7, 11) is -4.14. The number of rotatable bonds is 7. The third-order valence-electron chi connectivity index (χ3n) is 3.43. The zero-order valence-corrected chi connectivity index (χ0v) is 12.6. The van der Waals surface area contributed by atoms with Gasteiger partial charge in [-0.25, -0.2) is 17.5 Å². The van der Waals surface area contributed by atoms with Crippen LogP contribution < -0.4 is 10.5 Å². The predicted molar refractivity (Wildman–Crippen MR) is 75.7 cm³/mol. The van der Waals surface area contributed by atoms with Gasteiger partial charge in [-0.2, -0.15) is 0 Å². The van der Waals surface area contributed by atoms with E-state index in [0.29, 0.717) is 18.9 Å². The van der Waals surface area contributed by atoms with E-state index in [-0.39, 0.29) is 6.54 Å². The van der Waals surface area contributed by atoms with Gasteiger partial charge in [0.2, 0.25) is 10.0 Å². The summed E-state index contributed by atoms with van der Waals surface area (Å²) in [6, 6.07) is 2.30. The molecule has 0 fully saturated rings. The molecule has 0 aromatic heterocycles. The lowest BCUT2D eigenvalue weighted by Gasteiger charge is -2.26. The molecule has 7 nitrogen and oxygen atoms in total. The van der Waals surface area contributed by atoms with Gasteiger partial charge in [0, 0.05) is 12.1 Å². The van der Waals surface area contributed by atoms with E-state index >= 15 is 0 Å². The maximum atomic E-state index is 13.0. The number of nitro groups is 1. The molecule has 0 radical (unpaired) electrons. The van der Waals surface area contributed by atoms with Crippen molar-refractivity contribution in [3.8, 4) is 0 Å². The van der Waals surface area contributed by atoms with E-state index < -0.39 is 36.9 Å². The topological polar surface area (TPSA) is 115 Å². The van der Waals surface area contributed by atoms with Crippen molar-refractivity contribution < 1.29 is 17.7 Å². The molecule has 118 valence electrons. The highest BCUT2D eigenvalue weighted by Gasteiger charge is 2.29. The molecule has 3 N–H and O–H groups in total. The van der Waals surface area contributed by atoms with Crippen molar-refractivity contribution in [2.45, 2.75) is 37.1 Å². The van der Waals surface area contributed by atoms with Crippen molar-refractivity contribution >= 4 is 15.7 Å². The number of hydrogen-bond donors (Lipinski definition) is 2. The van der Waals surface area contributed by atoms with Gasteiger partial charge in [0.15, 0.2) is 4.90 Å². The number of sulfonamides is 1. The summed E-state index contributed by atoms with van der Waals surface area (Å²) >= 11 is 0. The third-order valence-corrected chi connectivity index (χ3v) is 4.88. The summed E-state index contributed by atoms with van der Waals surface area (Å²) in [4.78, 5) is 9.34. The maximum Gasteiger partial charge on any atom is 0.292 e. The first-order chi connectivity index (χ1) is 9.65. The Kier molecular flexibility index (Phi) is 5.37. The van der Waals surface area contributed by atoms with E-state index in [9.17, 15) is 22.9 Å². The molecule has 0 amide bonds. The van der Waals surface area contributed by atoms with Crippen LogP contribution in [-0.4, -0.2) is 25.4 Å². The fourth-order valence-electron chi connectivity index (χ4n) is 1.68. The number of halogens is 1. The second-order valence-corrected chi connectivity index (χ2v) is 6.50. The number of nitro benzene ring substituents is 1. The van der Waals surface area contributed by atoms with Crippen molar-refractivity contribution in [2.75, 3.05) is 6.54 Å². The Bertz CT molecular complexity index is 629. The van der Waals surface area contributed by atoms with Gasteiger partial charge in [-0.05, 0) is 25.0 Å². The molecule has 0 heterocycles. The summed E-state index contributed by atoms with van der Waals surface area (Å²) in [5, 5.41) is 10.9. The normalized spacial score (nSPS) is 12.4. The predicted octanol–water partition coefficient (Wildman–Crippen LogP) is 1.53. The first-order valence-electron chi connectivity index (χ1n) is 6.37. The van der Waals surface area contributed by atoms with E-state index in [1.807, 2.05) is 13.8 Å². The van der Waals surface area contributed by atoms with Gasteiger partial charge in [0.05, 0.1) is 11.0 Å². The molecule has 9 heteroatoms. The molecule has 0 atom stereocenters. The molecule has 0 aliphatic rings. The largest absolute Gasteiger partial charge is 0.324 e. The summed E-state index contributed by atoms with van der Waals surface area (Å²) in [6.45, 7) is 3.58. The lowest BCUT2D eigenvalue weighted by molar-refractivity contribution is -0.388. The minimum Gasteiger partial charge on any atom is -0.324 e. The van der Waals surface area contributed by atoms with Crippen molar-refractivity contribution in [1.29, 1.82) is 0 Å². The van der Waals surface area contributed by atoms with Gasteiger partial charge in [-0.3, -0.25) is 10.1 Å². The van der Waals surface area contributed by atoms with Crippen LogP contribution in [0.4, 0.5) is 10.1 Å². The molecule has 0 saturated carbocycles. The first kappa shape index (κ1) is 17.5. The van der Waals surface area contributed by atoms with Crippen LogP contribution in [0.5, 0.6) is 0 Å². The summed E-state index contributed by atoms with van der Waals surface area (Å²) < 4.78 is 39.6. The van der Waals surface area contributed by atoms with Gasteiger partial charge >= 0.3 is 0 Å². The molecule has 0 aliphatic carbocycles. The van der Waals surface area contributed by atoms with Crippen LogP contribution in [-0.2, 0) is 10.0 Å². The highest BCUT2D eigenvalue weighted by molar-refractivity contribution is 7.89. The number of nitrogens with one attached hydrogen (secondary N) is 1. The lowest BCUT2D eigenvalue weighted by atomic mass is 9.95. The third kappa shape index (κ3) is 4.19. The zero-order valence-electron chi connectivity index (χ0n) is 11.8. The minimum absolute atomic E-state index is 0.0587. The SMILES string of the molecule is CCC(N)(CC)CNS(=O)(=O)c1ccc(F)cc1[N+](=O)[O-]. The van der Waals surface area contributed by atoms with Crippen LogP contribution in [0.1, 0.15) is 26.7 Å². The molecule has 0 bridgehead atoms. The van der Waals surface area contributed by atoms with Crippen LogP contribution in [0.3, 0.4) is 0 Å². The second-order valence-electron chi connectivity index (χ2n) is 4.76. The van der Waals surface area contributed by atoms with Crippen LogP contribution in [0.25, 0.3) is 0 Å². The summed E-state index contributed by atoms with van der Waals surface area (Å²) in [5.74, 6) is -0.879. The molecule has 0 saturated heterocycles. The Balaban J connectivity index is 3.12. The second kappa shape index (κ2) is 6.46. The highest BCUT2D eigenvalue weighted by atomic mass is 32.2. The van der Waals surface area contributed by atoms with Crippen molar-refractivity contribution in [3.63, 3.8) is 0 Å². The van der Waals surface area contributed by atoms with E-state index in [1.165, 1.54) is 0 Å². The van der Waals surface area contributed by atoms with E-state index in [4.69, 9.17) is 5.73 Å². The molecule has 0 aliphatic heterocycles. The Hall–Kier alpha value is -1.58. The van der Waals surface area contributed by atoms with Gasteiger partial charge in [0.25, 0.3) is 5.69 Å². The van der Waals surface area contributed by atoms with Crippen molar-refractivity contribution in [2.24, 2.45) is 5.73 Å². The standard InChI is InChI=1S/C12H18FN3O4S/c1-3-12(14,4-2)8-15-21(19,20)11-6-5-9(13)7-10(11)16(17)18/h5-7,15H,3-4,8,14H2,1-2H3. The summed E-state index contributed by atoms with van der Waals surface area (Å²) in [6.07, 6.45) is 1.08. The van der Waals surface area contributed by atoms with Gasteiger partial charge in [-0.1, -0.05) is 13.8 Å². The Morgan fingerprint density at radius 1 is 1.38 bits per heavy atom. The lowest BCUT2D eigenvalue weighted by Crippen LogP contribution is -2.49. The van der Waals surface area contributed by atoms with Crippen LogP contribution in [0.15, 0.2) is 23.1 Å². The maximum absolute atomic E-state index is 13.0. The average Bonchev–Trinajstić information content (AvgIpc) is 2.44. The Labute approximate surface area is 122 Å². The van der Waals surface area contributed by atoms with Crippen molar-refractivity contribution in [3.05, 3.63) is 34.1 Å². The molecule has 0 unspecified atom stereocenters. The molecule has 0 spiro atoms. The highest BCUT2D eigenvalue weighted by Crippen LogP contribution is 2.24. The van der Waals surface area contributed by atoms with E-state index in [1.54, 1.807) is 0 Å². The number of nitrogens with zero attached hydrogens (tertiary/aromatic N) is 1. The molecular formula is C12H18FN3O4S. The molecule has 1 aromatic carbocycles. The van der Waals surface area contributed by atoms with Gasteiger partial charge < -0.3 is 5.73 Å². The van der Waals surface area contributed by atoms with Gasteiger partial charge in [0.1, 0.15) is 5.82 Å². The number of benzene rings is 1. The smallest absolute Gasteiger partial charge is 0.292 e. The summed E-state index contributed by atoms with van der Waals surface area (Å²) in [5.41, 5.74) is 4.44. The van der Waals surface area contributed by atoms with Crippen LogP contribution in [0.2, 0.25) is 0 Å². The van der Waals surface area contributed by atoms with Crippen molar-refractivity contribution in [1.82, 2.24) is 4.72 Å². The average molecular weight is 319 g/mol. The number of nitrogens with two attached hydrogens (primary N) is 1. The minimum atomic E-state index is -4.14. The Morgan fingerprint density at radius 3 is 2.43 bits per heavy atom. The monoisotopic (exact) mass is 319 g/mol. The van der Waals surface area contributed by atoms with Crippen LogP contribution >= 0.6 is 0 Å². The molecule has 21 heavy (non-hydrogen) atoms. The number of hydrogen-bond acceptors (Lipinski definition) is 5. The fourth-order valence-corrected chi connectivity index (χ4v) is 2.97. The quantitative estimate of drug-likeness (QED) is 0.584. The first-order valence-corrected chi connectivity index (χ1v) is 7.86. The van der Waals surface area contributed by atoms with E-state index in [2.05, 4.69) is 4.72 Å². The molecular weight excluding hydrogens is 301 g/mol. The molecule has 1 aromatic rings. The molecule has 1 rings (SSSR count). The van der Waals surface area contributed by atoms with Crippen LogP contribution in [0, 0.1) is 15.9 Å².